The number of nitrogens with zero attached hydrogens (tertiary/aromatic N) is 1. The number of hydrogen-bond acceptors (Lipinski definition) is 3. The summed E-state index contributed by atoms with van der Waals surface area (Å²) in [5, 5.41) is 0. The van der Waals surface area contributed by atoms with E-state index in [4.69, 9.17) is 5.73 Å². The molecule has 18 heavy (non-hydrogen) atoms. The van der Waals surface area contributed by atoms with Crippen molar-refractivity contribution in [1.82, 2.24) is 4.90 Å². The summed E-state index contributed by atoms with van der Waals surface area (Å²) in [6.45, 7) is 4.13. The van der Waals surface area contributed by atoms with E-state index in [0.29, 0.717) is 6.04 Å². The summed E-state index contributed by atoms with van der Waals surface area (Å²) in [6, 6.07) is 10.1. The molecule has 1 fully saturated rings. The lowest BCUT2D eigenvalue weighted by molar-refractivity contribution is 0.191. The molecule has 2 nitrogen and oxygen atoms in total. The maximum absolute atomic E-state index is 6.03. The van der Waals surface area contributed by atoms with E-state index >= 15 is 0 Å². The first-order valence-electron chi connectivity index (χ1n) is 6.90. The van der Waals surface area contributed by atoms with Gasteiger partial charge in [-0.05, 0) is 49.8 Å². The van der Waals surface area contributed by atoms with Gasteiger partial charge in [-0.2, -0.15) is 0 Å². The van der Waals surface area contributed by atoms with E-state index in [1.54, 1.807) is 11.8 Å². The summed E-state index contributed by atoms with van der Waals surface area (Å²) >= 11 is 1.79. The Morgan fingerprint density at radius 2 is 2.00 bits per heavy atom. The molecule has 1 aromatic carbocycles. The molecule has 1 saturated carbocycles. The smallest absolute Gasteiger partial charge is 0.0473 e. The Balaban J connectivity index is 2.14. The number of nitrogens with two attached hydrogens (primary N) is 1. The van der Waals surface area contributed by atoms with Crippen LogP contribution < -0.4 is 5.73 Å². The van der Waals surface area contributed by atoms with Crippen LogP contribution >= 0.6 is 11.8 Å². The van der Waals surface area contributed by atoms with Crippen LogP contribution in [0, 0.1) is 0 Å². The summed E-state index contributed by atoms with van der Waals surface area (Å²) in [5.74, 6) is 0. The molecular formula is C15H24N2S. The molecule has 0 aromatic heterocycles. The van der Waals surface area contributed by atoms with Gasteiger partial charge in [-0.15, -0.1) is 11.8 Å². The Hall–Kier alpha value is -0.510. The molecule has 2 N–H and O–H groups in total. The highest BCUT2D eigenvalue weighted by atomic mass is 32.2. The number of hydrogen-bond donors (Lipinski definition) is 1. The van der Waals surface area contributed by atoms with Crippen LogP contribution in [0.2, 0.25) is 0 Å². The van der Waals surface area contributed by atoms with Crippen LogP contribution in [0.3, 0.4) is 0 Å². The third-order valence-corrected chi connectivity index (χ3v) is 4.37. The predicted molar refractivity (Wildman–Crippen MR) is 80.0 cm³/mol. The van der Waals surface area contributed by atoms with Crippen molar-refractivity contribution < 1.29 is 0 Å². The van der Waals surface area contributed by atoms with Gasteiger partial charge in [0.25, 0.3) is 0 Å². The zero-order chi connectivity index (χ0) is 13.0. The van der Waals surface area contributed by atoms with Crippen LogP contribution in [0.25, 0.3) is 0 Å². The minimum Gasteiger partial charge on any atom is -0.329 e. The van der Waals surface area contributed by atoms with Crippen LogP contribution in [-0.4, -0.2) is 30.3 Å². The molecule has 1 atom stereocenters. The summed E-state index contributed by atoms with van der Waals surface area (Å²) < 4.78 is 0. The van der Waals surface area contributed by atoms with Gasteiger partial charge < -0.3 is 5.73 Å². The fourth-order valence-electron chi connectivity index (χ4n) is 2.55. The van der Waals surface area contributed by atoms with Crippen LogP contribution in [0.5, 0.6) is 0 Å². The van der Waals surface area contributed by atoms with Crippen molar-refractivity contribution in [3.63, 3.8) is 0 Å². The van der Waals surface area contributed by atoms with Crippen molar-refractivity contribution in [2.24, 2.45) is 5.73 Å². The Labute approximate surface area is 115 Å². The van der Waals surface area contributed by atoms with Gasteiger partial charge in [0.1, 0.15) is 0 Å². The van der Waals surface area contributed by atoms with E-state index in [1.807, 2.05) is 0 Å². The van der Waals surface area contributed by atoms with Crippen molar-refractivity contribution in [2.75, 3.05) is 19.3 Å². The molecule has 0 spiro atoms. The summed E-state index contributed by atoms with van der Waals surface area (Å²) in [4.78, 5) is 3.93. The molecule has 2 rings (SSSR count). The third kappa shape index (κ3) is 3.28. The fourth-order valence-corrected chi connectivity index (χ4v) is 2.95. The van der Waals surface area contributed by atoms with Gasteiger partial charge in [0.15, 0.2) is 0 Å². The molecule has 0 bridgehead atoms. The zero-order valence-corrected chi connectivity index (χ0v) is 12.2. The molecule has 1 aliphatic carbocycles. The summed E-state index contributed by atoms with van der Waals surface area (Å²) in [5.41, 5.74) is 7.40. The van der Waals surface area contributed by atoms with Crippen LogP contribution in [0.15, 0.2) is 29.2 Å². The molecule has 0 amide bonds. The molecule has 1 aliphatic rings. The van der Waals surface area contributed by atoms with Crippen molar-refractivity contribution in [1.29, 1.82) is 0 Å². The van der Waals surface area contributed by atoms with Crippen LogP contribution in [0.1, 0.15) is 37.8 Å². The first-order valence-corrected chi connectivity index (χ1v) is 8.12. The van der Waals surface area contributed by atoms with E-state index in [0.717, 1.165) is 19.1 Å². The van der Waals surface area contributed by atoms with E-state index in [1.165, 1.54) is 29.7 Å². The van der Waals surface area contributed by atoms with E-state index < -0.39 is 0 Å². The molecule has 0 radical (unpaired) electrons. The normalized spacial score (nSPS) is 17.1. The second kappa shape index (κ2) is 6.60. The van der Waals surface area contributed by atoms with Gasteiger partial charge in [-0.25, -0.2) is 0 Å². The lowest BCUT2D eigenvalue weighted by atomic mass is 10.0. The topological polar surface area (TPSA) is 29.3 Å². The molecule has 0 saturated heterocycles. The maximum Gasteiger partial charge on any atom is 0.0473 e. The average molecular weight is 264 g/mol. The average Bonchev–Trinajstić information content (AvgIpc) is 3.23. The molecular weight excluding hydrogens is 240 g/mol. The Bertz CT molecular complexity index is 359. The fraction of sp³-hybridized carbons (Fsp3) is 0.600. The maximum atomic E-state index is 6.03. The second-order valence-electron chi connectivity index (χ2n) is 4.99. The predicted octanol–water partition coefficient (Wildman–Crippen LogP) is 3.28. The largest absolute Gasteiger partial charge is 0.329 e. The first kappa shape index (κ1) is 13.9. The molecule has 100 valence electrons. The van der Waals surface area contributed by atoms with E-state index in [2.05, 4.69) is 42.3 Å². The molecule has 0 aliphatic heterocycles. The summed E-state index contributed by atoms with van der Waals surface area (Å²) in [7, 11) is 0. The minimum absolute atomic E-state index is 0.397. The zero-order valence-electron chi connectivity index (χ0n) is 11.4. The highest BCUT2D eigenvalue weighted by Crippen LogP contribution is 2.34. The second-order valence-corrected chi connectivity index (χ2v) is 5.87. The summed E-state index contributed by atoms with van der Waals surface area (Å²) in [6.07, 6.45) is 6.01. The van der Waals surface area contributed by atoms with Gasteiger partial charge >= 0.3 is 0 Å². The molecule has 0 heterocycles. The highest BCUT2D eigenvalue weighted by molar-refractivity contribution is 7.98. The Kier molecular flexibility index (Phi) is 5.10. The van der Waals surface area contributed by atoms with Crippen molar-refractivity contribution in [3.8, 4) is 0 Å². The van der Waals surface area contributed by atoms with Crippen molar-refractivity contribution >= 4 is 11.8 Å². The minimum atomic E-state index is 0.397. The third-order valence-electron chi connectivity index (χ3n) is 3.62. The standard InChI is InChI=1S/C15H24N2S/c1-3-10-17(13-6-7-13)15(11-16)12-4-8-14(18-2)9-5-12/h4-5,8-9,13,15H,3,6-7,10-11,16H2,1-2H3. The lowest BCUT2D eigenvalue weighted by Gasteiger charge is -2.31. The SMILES string of the molecule is CCCN(C1CC1)C(CN)c1ccc(SC)cc1. The van der Waals surface area contributed by atoms with Gasteiger partial charge in [-0.3, -0.25) is 4.90 Å². The van der Waals surface area contributed by atoms with Crippen molar-refractivity contribution in [2.45, 2.75) is 43.2 Å². The molecule has 1 aromatic rings. The highest BCUT2D eigenvalue weighted by Gasteiger charge is 2.33. The molecule has 1 unspecified atom stereocenters. The van der Waals surface area contributed by atoms with E-state index in [9.17, 15) is 0 Å². The van der Waals surface area contributed by atoms with Gasteiger partial charge in [0.2, 0.25) is 0 Å². The Morgan fingerprint density at radius 3 is 2.44 bits per heavy atom. The van der Waals surface area contributed by atoms with Gasteiger partial charge in [0, 0.05) is 23.5 Å². The number of rotatable bonds is 7. The van der Waals surface area contributed by atoms with E-state index in [-0.39, 0.29) is 0 Å². The lowest BCUT2D eigenvalue weighted by Crippen LogP contribution is -2.36. The Morgan fingerprint density at radius 1 is 1.33 bits per heavy atom. The van der Waals surface area contributed by atoms with Crippen LogP contribution in [0.4, 0.5) is 0 Å². The number of thioether (sulfide) groups is 1. The van der Waals surface area contributed by atoms with Gasteiger partial charge in [-0.1, -0.05) is 19.1 Å². The first-order chi connectivity index (χ1) is 8.80. The van der Waals surface area contributed by atoms with Crippen molar-refractivity contribution in [3.05, 3.63) is 29.8 Å². The van der Waals surface area contributed by atoms with Gasteiger partial charge in [0.05, 0.1) is 0 Å². The van der Waals surface area contributed by atoms with Crippen LogP contribution in [-0.2, 0) is 0 Å². The number of benzene rings is 1. The quantitative estimate of drug-likeness (QED) is 0.766. The molecule has 3 heteroatoms. The monoisotopic (exact) mass is 264 g/mol.